The summed E-state index contributed by atoms with van der Waals surface area (Å²) in [6.45, 7) is 0. The van der Waals surface area contributed by atoms with Gasteiger partial charge in [0.05, 0.1) is 6.04 Å². The highest BCUT2D eigenvalue weighted by atomic mass is 15.3. The lowest BCUT2D eigenvalue weighted by Crippen LogP contribution is -2.28. The summed E-state index contributed by atoms with van der Waals surface area (Å²) in [7, 11) is 0. The van der Waals surface area contributed by atoms with Crippen molar-refractivity contribution in [1.29, 1.82) is 0 Å². The molecule has 0 saturated heterocycles. The van der Waals surface area contributed by atoms with Gasteiger partial charge in [-0.15, -0.1) is 0 Å². The van der Waals surface area contributed by atoms with Gasteiger partial charge in [0.15, 0.2) is 0 Å². The van der Waals surface area contributed by atoms with Crippen LogP contribution in [-0.4, -0.2) is 12.3 Å². The molecule has 11 heavy (non-hydrogen) atoms. The van der Waals surface area contributed by atoms with Crippen LogP contribution in [0.4, 0.5) is 0 Å². The fourth-order valence-corrected chi connectivity index (χ4v) is 2.09. The van der Waals surface area contributed by atoms with E-state index < -0.39 is 0 Å². The minimum absolute atomic E-state index is 0.676. The maximum Gasteiger partial charge on any atom is 0.0518 e. The first kappa shape index (κ1) is 7.14. The highest BCUT2D eigenvalue weighted by Crippen LogP contribution is 2.23. The fraction of sp³-hybridized carbons (Fsp3) is 0.889. The van der Waals surface area contributed by atoms with E-state index in [0.29, 0.717) is 6.04 Å². The first-order valence-electron chi connectivity index (χ1n) is 4.75. The highest BCUT2D eigenvalue weighted by Gasteiger charge is 2.23. The molecule has 1 aliphatic heterocycles. The molecule has 1 N–H and O–H groups in total. The maximum atomic E-state index is 4.14. The van der Waals surface area contributed by atoms with Crippen molar-refractivity contribution in [2.75, 3.05) is 0 Å². The van der Waals surface area contributed by atoms with E-state index in [1.165, 1.54) is 38.5 Å². The van der Waals surface area contributed by atoms with Crippen LogP contribution in [0.2, 0.25) is 0 Å². The summed E-state index contributed by atoms with van der Waals surface area (Å²) in [5, 5.41) is 4.14. The van der Waals surface area contributed by atoms with Crippen molar-refractivity contribution in [3.05, 3.63) is 0 Å². The van der Waals surface area contributed by atoms with Gasteiger partial charge >= 0.3 is 0 Å². The summed E-state index contributed by atoms with van der Waals surface area (Å²) in [6, 6.07) is 0.676. The number of nitrogens with one attached hydrogen (secondary N) is 1. The van der Waals surface area contributed by atoms with Crippen molar-refractivity contribution in [3.63, 3.8) is 0 Å². The monoisotopic (exact) mass is 152 g/mol. The maximum absolute atomic E-state index is 4.14. The lowest BCUT2D eigenvalue weighted by molar-refractivity contribution is 0.376. The van der Waals surface area contributed by atoms with Crippen molar-refractivity contribution in [2.45, 2.75) is 44.6 Å². The summed E-state index contributed by atoms with van der Waals surface area (Å²) >= 11 is 0. The quantitative estimate of drug-likeness (QED) is 0.563. The Bertz CT molecular complexity index is 154. The molecule has 2 rings (SSSR count). The number of hydrazone groups is 1. The smallest absolute Gasteiger partial charge is 0.0518 e. The zero-order chi connectivity index (χ0) is 7.52. The Labute approximate surface area is 68.1 Å². The Morgan fingerprint density at radius 3 is 2.82 bits per heavy atom. The number of fused-ring (bicyclic) bond motifs is 1. The van der Waals surface area contributed by atoms with E-state index in [1.807, 2.05) is 0 Å². The van der Waals surface area contributed by atoms with Gasteiger partial charge in [-0.1, -0.05) is 25.7 Å². The van der Waals surface area contributed by atoms with E-state index in [9.17, 15) is 0 Å². The van der Waals surface area contributed by atoms with E-state index in [0.717, 1.165) is 5.92 Å². The van der Waals surface area contributed by atoms with Gasteiger partial charge in [-0.2, -0.15) is 5.10 Å². The molecule has 2 atom stereocenters. The molecule has 0 bridgehead atoms. The zero-order valence-electron chi connectivity index (χ0n) is 6.92. The summed E-state index contributed by atoms with van der Waals surface area (Å²) in [4.78, 5) is 0. The van der Waals surface area contributed by atoms with Crippen molar-refractivity contribution in [3.8, 4) is 0 Å². The molecule has 2 unspecified atom stereocenters. The number of rotatable bonds is 0. The number of nitrogens with zero attached hydrogens (tertiary/aromatic N) is 1. The van der Waals surface area contributed by atoms with Crippen LogP contribution in [0.15, 0.2) is 5.10 Å². The molecule has 1 saturated carbocycles. The van der Waals surface area contributed by atoms with Gasteiger partial charge in [0.2, 0.25) is 0 Å². The molecule has 1 fully saturated rings. The first-order chi connectivity index (χ1) is 5.47. The number of hydrogen-bond acceptors (Lipinski definition) is 2. The molecule has 0 aromatic carbocycles. The molecule has 2 nitrogen and oxygen atoms in total. The van der Waals surface area contributed by atoms with Crippen LogP contribution in [0.5, 0.6) is 0 Å². The summed E-state index contributed by atoms with van der Waals surface area (Å²) in [6.07, 6.45) is 10.4. The third-order valence-electron chi connectivity index (χ3n) is 2.83. The van der Waals surface area contributed by atoms with E-state index in [1.54, 1.807) is 0 Å². The summed E-state index contributed by atoms with van der Waals surface area (Å²) in [5.41, 5.74) is 3.20. The molecule has 1 aliphatic carbocycles. The molecule has 1 heterocycles. The lowest BCUT2D eigenvalue weighted by atomic mass is 9.89. The lowest BCUT2D eigenvalue weighted by Gasteiger charge is -2.20. The fourth-order valence-electron chi connectivity index (χ4n) is 2.09. The van der Waals surface area contributed by atoms with Crippen molar-refractivity contribution < 1.29 is 0 Å². The Balaban J connectivity index is 1.93. The second kappa shape index (κ2) is 3.24. The third-order valence-corrected chi connectivity index (χ3v) is 2.83. The second-order valence-electron chi connectivity index (χ2n) is 3.67. The Morgan fingerprint density at radius 1 is 1.09 bits per heavy atom. The standard InChI is InChI=1S/C9H16N2/c1-2-4-6-9-8(5-3-1)7-10-11-9/h7-9,11H,1-6H2. The average Bonchev–Trinajstić information content (AvgIpc) is 2.35. The van der Waals surface area contributed by atoms with Crippen LogP contribution in [0, 0.1) is 5.92 Å². The molecular weight excluding hydrogens is 136 g/mol. The summed E-state index contributed by atoms with van der Waals surface area (Å²) < 4.78 is 0. The van der Waals surface area contributed by atoms with E-state index in [-0.39, 0.29) is 0 Å². The van der Waals surface area contributed by atoms with Gasteiger partial charge in [0.25, 0.3) is 0 Å². The molecule has 0 radical (unpaired) electrons. The van der Waals surface area contributed by atoms with E-state index in [2.05, 4.69) is 16.7 Å². The minimum Gasteiger partial charge on any atom is -0.307 e. The predicted molar refractivity (Wildman–Crippen MR) is 46.6 cm³/mol. The van der Waals surface area contributed by atoms with Crippen molar-refractivity contribution >= 4 is 6.21 Å². The van der Waals surface area contributed by atoms with Crippen molar-refractivity contribution in [1.82, 2.24) is 5.43 Å². The third kappa shape index (κ3) is 1.55. The molecule has 2 aliphatic rings. The highest BCUT2D eigenvalue weighted by molar-refractivity contribution is 5.63. The molecular formula is C9H16N2. The molecule has 2 heteroatoms. The van der Waals surface area contributed by atoms with Gasteiger partial charge in [-0.05, 0) is 12.8 Å². The van der Waals surface area contributed by atoms with E-state index in [4.69, 9.17) is 0 Å². The Hall–Kier alpha value is -0.530. The first-order valence-corrected chi connectivity index (χ1v) is 4.75. The summed E-state index contributed by atoms with van der Waals surface area (Å²) in [5.74, 6) is 0.746. The number of hydrogen-bond donors (Lipinski definition) is 1. The van der Waals surface area contributed by atoms with Crippen LogP contribution >= 0.6 is 0 Å². The van der Waals surface area contributed by atoms with Gasteiger partial charge in [0.1, 0.15) is 0 Å². The zero-order valence-corrected chi connectivity index (χ0v) is 6.92. The van der Waals surface area contributed by atoms with Crippen LogP contribution in [0.3, 0.4) is 0 Å². The molecule has 0 spiro atoms. The largest absolute Gasteiger partial charge is 0.307 e. The molecule has 0 amide bonds. The average molecular weight is 152 g/mol. The van der Waals surface area contributed by atoms with Crippen molar-refractivity contribution in [2.24, 2.45) is 11.0 Å². The predicted octanol–water partition coefficient (Wildman–Crippen LogP) is 1.91. The SMILES string of the molecule is C1=NNC2CCCCCCC12. The molecule has 0 aromatic rings. The second-order valence-corrected chi connectivity index (χ2v) is 3.67. The normalized spacial score (nSPS) is 37.1. The van der Waals surface area contributed by atoms with Gasteiger partial charge in [-0.3, -0.25) is 0 Å². The van der Waals surface area contributed by atoms with Crippen LogP contribution in [-0.2, 0) is 0 Å². The molecule has 0 aromatic heterocycles. The van der Waals surface area contributed by atoms with Crippen LogP contribution in [0.1, 0.15) is 38.5 Å². The van der Waals surface area contributed by atoms with Gasteiger partial charge < -0.3 is 5.43 Å². The van der Waals surface area contributed by atoms with Gasteiger partial charge in [0, 0.05) is 12.1 Å². The van der Waals surface area contributed by atoms with Gasteiger partial charge in [-0.25, -0.2) is 0 Å². The Kier molecular flexibility index (Phi) is 2.11. The molecule has 62 valence electrons. The van der Waals surface area contributed by atoms with E-state index >= 15 is 0 Å². The topological polar surface area (TPSA) is 24.4 Å². The van der Waals surface area contributed by atoms with Crippen LogP contribution in [0.25, 0.3) is 0 Å². The Morgan fingerprint density at radius 2 is 1.91 bits per heavy atom. The minimum atomic E-state index is 0.676. The van der Waals surface area contributed by atoms with Crippen LogP contribution < -0.4 is 5.43 Å².